The fourth-order valence-electron chi connectivity index (χ4n) is 5.06. The lowest BCUT2D eigenvalue weighted by atomic mass is 9.84. The molecular formula is C23H26Cl2N2O3S. The van der Waals surface area contributed by atoms with Crippen LogP contribution in [0, 0.1) is 17.8 Å². The third-order valence-corrected chi connectivity index (χ3v) is 8.89. The number of amides is 1. The van der Waals surface area contributed by atoms with Gasteiger partial charge >= 0.3 is 0 Å². The van der Waals surface area contributed by atoms with Crippen molar-refractivity contribution in [1.82, 2.24) is 4.72 Å². The summed E-state index contributed by atoms with van der Waals surface area (Å²) in [6.07, 6.45) is 5.02. The number of rotatable bonds is 7. The molecule has 0 aliphatic heterocycles. The normalized spacial score (nSPS) is 23.6. The fraction of sp³-hybridized carbons (Fsp3) is 0.435. The van der Waals surface area contributed by atoms with Gasteiger partial charge in [0.25, 0.3) is 0 Å². The van der Waals surface area contributed by atoms with E-state index in [0.717, 1.165) is 17.9 Å². The van der Waals surface area contributed by atoms with Crippen LogP contribution in [0.4, 0.5) is 5.69 Å². The maximum Gasteiger partial charge on any atom is 0.240 e. The van der Waals surface area contributed by atoms with Crippen molar-refractivity contribution in [2.75, 3.05) is 5.32 Å². The molecule has 0 radical (unpaired) electrons. The molecule has 2 N–H and O–H groups in total. The van der Waals surface area contributed by atoms with Gasteiger partial charge in [-0.25, -0.2) is 13.1 Å². The highest BCUT2D eigenvalue weighted by atomic mass is 35.5. The maximum absolute atomic E-state index is 12.8. The van der Waals surface area contributed by atoms with Gasteiger partial charge in [0.15, 0.2) is 0 Å². The van der Waals surface area contributed by atoms with E-state index in [1.807, 2.05) is 6.92 Å². The van der Waals surface area contributed by atoms with Crippen LogP contribution in [0.15, 0.2) is 47.4 Å². The van der Waals surface area contributed by atoms with Gasteiger partial charge in [-0.15, -0.1) is 0 Å². The molecule has 2 fully saturated rings. The van der Waals surface area contributed by atoms with E-state index in [9.17, 15) is 13.2 Å². The highest BCUT2D eigenvalue weighted by Gasteiger charge is 2.42. The van der Waals surface area contributed by atoms with Gasteiger partial charge in [-0.2, -0.15) is 0 Å². The summed E-state index contributed by atoms with van der Waals surface area (Å²) < 4.78 is 28.5. The zero-order valence-corrected chi connectivity index (χ0v) is 19.6. The van der Waals surface area contributed by atoms with Crippen molar-refractivity contribution >= 4 is 44.8 Å². The number of benzene rings is 2. The average Bonchev–Trinajstić information content (AvgIpc) is 3.34. The molecule has 8 heteroatoms. The van der Waals surface area contributed by atoms with Crippen molar-refractivity contribution in [1.29, 1.82) is 0 Å². The highest BCUT2D eigenvalue weighted by Crippen LogP contribution is 2.49. The van der Waals surface area contributed by atoms with Gasteiger partial charge in [0.1, 0.15) is 0 Å². The Morgan fingerprint density at radius 2 is 1.81 bits per heavy atom. The lowest BCUT2D eigenvalue weighted by molar-refractivity contribution is -0.115. The Bertz CT molecular complexity index is 1070. The molecule has 2 aliphatic carbocycles. The second-order valence-corrected chi connectivity index (χ2v) is 11.3. The predicted octanol–water partition coefficient (Wildman–Crippen LogP) is 5.28. The van der Waals surface area contributed by atoms with Gasteiger partial charge < -0.3 is 5.32 Å². The molecule has 2 aromatic carbocycles. The zero-order valence-electron chi connectivity index (χ0n) is 17.3. The van der Waals surface area contributed by atoms with Gasteiger partial charge in [0, 0.05) is 11.7 Å². The minimum absolute atomic E-state index is 0.0779. The smallest absolute Gasteiger partial charge is 0.240 e. The Morgan fingerprint density at radius 1 is 1.06 bits per heavy atom. The van der Waals surface area contributed by atoms with Crippen LogP contribution in [-0.2, 0) is 21.2 Å². The second-order valence-electron chi connectivity index (χ2n) is 8.75. The number of halogens is 2. The number of anilines is 1. The highest BCUT2D eigenvalue weighted by molar-refractivity contribution is 7.89. The summed E-state index contributed by atoms with van der Waals surface area (Å²) in [7, 11) is -3.61. The molecule has 0 spiro atoms. The van der Waals surface area contributed by atoms with Crippen LogP contribution in [0.25, 0.3) is 0 Å². The van der Waals surface area contributed by atoms with E-state index in [1.165, 1.54) is 31.4 Å². The van der Waals surface area contributed by atoms with Crippen LogP contribution in [0.5, 0.6) is 0 Å². The topological polar surface area (TPSA) is 75.3 Å². The number of hydrogen-bond acceptors (Lipinski definition) is 3. The molecule has 4 rings (SSSR count). The van der Waals surface area contributed by atoms with E-state index in [-0.39, 0.29) is 23.3 Å². The molecule has 2 saturated carbocycles. The first kappa shape index (κ1) is 22.6. The number of carbonyl (C=O) groups excluding carboxylic acids is 1. The van der Waals surface area contributed by atoms with E-state index in [2.05, 4.69) is 10.0 Å². The van der Waals surface area contributed by atoms with Crippen LogP contribution < -0.4 is 10.0 Å². The van der Waals surface area contributed by atoms with E-state index >= 15 is 0 Å². The molecule has 2 aliphatic rings. The van der Waals surface area contributed by atoms with Crippen LogP contribution in [0.1, 0.15) is 38.2 Å². The number of sulfonamides is 1. The van der Waals surface area contributed by atoms with E-state index in [1.54, 1.807) is 30.3 Å². The number of fused-ring (bicyclic) bond motifs is 2. The third-order valence-electron chi connectivity index (χ3n) is 6.57. The molecule has 1 amide bonds. The first-order valence-corrected chi connectivity index (χ1v) is 12.8. The predicted molar refractivity (Wildman–Crippen MR) is 124 cm³/mol. The van der Waals surface area contributed by atoms with E-state index < -0.39 is 10.0 Å². The number of nitrogens with one attached hydrogen (secondary N) is 2. The summed E-state index contributed by atoms with van der Waals surface area (Å²) in [4.78, 5) is 12.5. The monoisotopic (exact) mass is 480 g/mol. The summed E-state index contributed by atoms with van der Waals surface area (Å²) in [5.41, 5.74) is 1.27. The average molecular weight is 481 g/mol. The van der Waals surface area contributed by atoms with Crippen molar-refractivity contribution in [3.63, 3.8) is 0 Å². The molecule has 4 atom stereocenters. The Kier molecular flexibility index (Phi) is 6.63. The van der Waals surface area contributed by atoms with Crippen molar-refractivity contribution in [2.24, 2.45) is 17.8 Å². The van der Waals surface area contributed by atoms with Crippen LogP contribution >= 0.6 is 23.2 Å². The van der Waals surface area contributed by atoms with Crippen LogP contribution in [0.3, 0.4) is 0 Å². The summed E-state index contributed by atoms with van der Waals surface area (Å²) in [5, 5.41) is 3.61. The lowest BCUT2D eigenvalue weighted by Gasteiger charge is -2.28. The van der Waals surface area contributed by atoms with E-state index in [4.69, 9.17) is 23.2 Å². The first-order valence-electron chi connectivity index (χ1n) is 10.6. The SMILES string of the molecule is C[C@H](NS(=O)(=O)c1ccc(NC(=O)Cc2ccc(Cl)c(Cl)c2)cc1)[C@H]1C[C@@H]2CC[C@@H]1C2. The summed E-state index contributed by atoms with van der Waals surface area (Å²) in [6, 6.07) is 11.2. The molecule has 166 valence electrons. The van der Waals surface area contributed by atoms with Gasteiger partial charge in [0.2, 0.25) is 15.9 Å². The maximum atomic E-state index is 12.8. The Labute approximate surface area is 193 Å². The molecule has 2 aromatic rings. The summed E-state index contributed by atoms with van der Waals surface area (Å²) >= 11 is 11.9. The zero-order chi connectivity index (χ0) is 22.2. The molecular weight excluding hydrogens is 455 g/mol. The second kappa shape index (κ2) is 9.10. The fourth-order valence-corrected chi connectivity index (χ4v) is 6.68. The van der Waals surface area contributed by atoms with Crippen molar-refractivity contribution in [2.45, 2.75) is 50.0 Å². The van der Waals surface area contributed by atoms with E-state index in [0.29, 0.717) is 27.6 Å². The summed E-state index contributed by atoms with van der Waals surface area (Å²) in [5.74, 6) is 1.62. The van der Waals surface area contributed by atoms with Crippen LogP contribution in [0.2, 0.25) is 10.0 Å². The van der Waals surface area contributed by atoms with Gasteiger partial charge in [-0.3, -0.25) is 4.79 Å². The first-order chi connectivity index (χ1) is 14.7. The lowest BCUT2D eigenvalue weighted by Crippen LogP contribution is -2.40. The molecule has 0 unspecified atom stereocenters. The number of carbonyl (C=O) groups is 1. The quantitative estimate of drug-likeness (QED) is 0.565. The molecule has 2 bridgehead atoms. The molecule has 0 heterocycles. The molecule has 5 nitrogen and oxygen atoms in total. The number of hydrogen-bond donors (Lipinski definition) is 2. The Hall–Kier alpha value is -1.60. The molecule has 0 aromatic heterocycles. The standard InChI is InChI=1S/C23H26Cl2N2O3S/c1-14(20-11-15-2-4-17(20)10-15)27-31(29,30)19-7-5-18(6-8-19)26-23(28)13-16-3-9-21(24)22(25)12-16/h3,5-9,12,14-15,17,20,27H,2,4,10-11,13H2,1H3,(H,26,28)/t14-,15+,17+,20+/m0/s1. The largest absolute Gasteiger partial charge is 0.326 e. The summed E-state index contributed by atoms with van der Waals surface area (Å²) in [6.45, 7) is 1.97. The van der Waals surface area contributed by atoms with Gasteiger partial charge in [0.05, 0.1) is 21.4 Å². The van der Waals surface area contributed by atoms with Crippen LogP contribution in [-0.4, -0.2) is 20.4 Å². The molecule has 31 heavy (non-hydrogen) atoms. The Balaban J connectivity index is 1.35. The molecule has 0 saturated heterocycles. The Morgan fingerprint density at radius 3 is 2.42 bits per heavy atom. The van der Waals surface area contributed by atoms with Gasteiger partial charge in [-0.1, -0.05) is 35.7 Å². The minimum Gasteiger partial charge on any atom is -0.326 e. The van der Waals surface area contributed by atoms with Crippen molar-refractivity contribution in [3.8, 4) is 0 Å². The minimum atomic E-state index is -3.61. The van der Waals surface area contributed by atoms with Crippen molar-refractivity contribution < 1.29 is 13.2 Å². The third kappa shape index (κ3) is 5.25. The van der Waals surface area contributed by atoms with Crippen molar-refractivity contribution in [3.05, 3.63) is 58.1 Å². The van der Waals surface area contributed by atoms with Gasteiger partial charge in [-0.05, 0) is 85.9 Å².